The van der Waals surface area contributed by atoms with E-state index in [1.807, 2.05) is 64.9 Å². The lowest BCUT2D eigenvalue weighted by Gasteiger charge is -2.28. The molecular formula is C58H102S6. The summed E-state index contributed by atoms with van der Waals surface area (Å²) in [6, 6.07) is 23.5. The first-order valence-electron chi connectivity index (χ1n) is 24.1. The predicted octanol–water partition coefficient (Wildman–Crippen LogP) is 21.7. The maximum atomic E-state index is 2.33. The first-order chi connectivity index (χ1) is 28.8. The first-order valence-corrected chi connectivity index (χ1v) is 29.2. The van der Waals surface area contributed by atoms with Crippen LogP contribution in [0.5, 0.6) is 0 Å². The van der Waals surface area contributed by atoms with E-state index in [0.29, 0.717) is 33.7 Å². The van der Waals surface area contributed by atoms with Gasteiger partial charge in [0.15, 0.2) is 0 Å². The Hall–Kier alpha value is -0.240. The highest BCUT2D eigenvalue weighted by Gasteiger charge is 2.22. The van der Waals surface area contributed by atoms with Crippen LogP contribution in [0, 0.1) is 27.7 Å². The van der Waals surface area contributed by atoms with Gasteiger partial charge in [0.05, 0.1) is 0 Å². The van der Waals surface area contributed by atoms with Crippen molar-refractivity contribution in [2.24, 2.45) is 0 Å². The molecule has 1 fully saturated rings. The second-order valence-electron chi connectivity index (χ2n) is 23.5. The van der Waals surface area contributed by atoms with Gasteiger partial charge in [0.1, 0.15) is 0 Å². The van der Waals surface area contributed by atoms with E-state index in [-0.39, 0.29) is 0 Å². The Labute approximate surface area is 427 Å². The Morgan fingerprint density at radius 1 is 0.453 bits per heavy atom. The second kappa shape index (κ2) is 31.1. The summed E-state index contributed by atoms with van der Waals surface area (Å²) in [6.07, 6.45) is 7.33. The first kappa shape index (κ1) is 65.8. The SMILES string of the molecule is CC(C)(C)SC(C)(C)C.CC(C)(C)SC1CCCCC1.CC(C)(C)Sc1ccccc1.CC(C)SC(C)(C)C.Cc1cc(C)c(SC(C)(C)C)c(C)c1.Cc1ccccc1SC(C)C. The molecule has 1 aliphatic carbocycles. The molecule has 3 aromatic rings. The third-order valence-corrected chi connectivity index (χ3v) is 15.6. The zero-order chi connectivity index (χ0) is 50.3. The van der Waals surface area contributed by atoms with E-state index in [9.17, 15) is 0 Å². The standard InChI is InChI=1S/C13H20S.C10H20S.2C10H14S.C8H18S.C7H16S/c1-9-7-10(2)12(11(3)8-9)14-13(4,5)6;2*1-10(2,3)11-9-7-5-4-6-8-9;1-8(2)11-10-7-5-4-6-9(10)3;1-7(2,3)9-8(4,5)6;1-6(2)8-7(3,4)5/h7-8H,1-6H3;9H,4-8H2,1-3H3;2*4-8H,1-3H3;1-6H3;6H,1-5H3. The maximum Gasteiger partial charge on any atom is 0.0136 e. The van der Waals surface area contributed by atoms with Crippen molar-refractivity contribution in [1.29, 1.82) is 0 Å². The van der Waals surface area contributed by atoms with Gasteiger partial charge < -0.3 is 0 Å². The molecule has 1 aliphatic rings. The van der Waals surface area contributed by atoms with Crippen LogP contribution >= 0.6 is 70.6 Å². The summed E-state index contributed by atoms with van der Waals surface area (Å²) in [7, 11) is 0. The molecule has 0 nitrogen and oxygen atoms in total. The molecule has 3 aromatic carbocycles. The fourth-order valence-electron chi connectivity index (χ4n) is 6.73. The lowest BCUT2D eigenvalue weighted by Crippen LogP contribution is -2.19. The molecule has 0 aromatic heterocycles. The number of hydrogen-bond donors (Lipinski definition) is 0. The van der Waals surface area contributed by atoms with Crippen LogP contribution in [0.2, 0.25) is 0 Å². The zero-order valence-corrected chi connectivity index (χ0v) is 51.5. The zero-order valence-electron chi connectivity index (χ0n) is 46.6. The van der Waals surface area contributed by atoms with Gasteiger partial charge in [-0.2, -0.15) is 35.3 Å². The number of hydrogen-bond acceptors (Lipinski definition) is 6. The van der Waals surface area contributed by atoms with Crippen molar-refractivity contribution in [3.63, 3.8) is 0 Å². The predicted molar refractivity (Wildman–Crippen MR) is 314 cm³/mol. The molecule has 0 saturated heterocycles. The molecule has 0 atom stereocenters. The Balaban J connectivity index is 0. The van der Waals surface area contributed by atoms with Crippen molar-refractivity contribution in [2.45, 2.75) is 271 Å². The van der Waals surface area contributed by atoms with E-state index in [0.717, 1.165) is 10.5 Å². The second-order valence-corrected chi connectivity index (χ2v) is 36.0. The molecule has 0 radical (unpaired) electrons. The van der Waals surface area contributed by atoms with Crippen LogP contribution in [0.1, 0.15) is 207 Å². The number of thioether (sulfide) groups is 6. The highest BCUT2D eigenvalue weighted by atomic mass is 32.2. The van der Waals surface area contributed by atoms with Crippen LogP contribution in [-0.4, -0.2) is 44.2 Å². The topological polar surface area (TPSA) is 0 Å². The van der Waals surface area contributed by atoms with Gasteiger partial charge in [-0.25, -0.2) is 0 Å². The summed E-state index contributed by atoms with van der Waals surface area (Å²) in [4.78, 5) is 4.20. The van der Waals surface area contributed by atoms with Crippen molar-refractivity contribution >= 4 is 70.6 Å². The van der Waals surface area contributed by atoms with Crippen molar-refractivity contribution in [1.82, 2.24) is 0 Å². The molecule has 0 spiro atoms. The van der Waals surface area contributed by atoms with Gasteiger partial charge in [-0.1, -0.05) is 226 Å². The van der Waals surface area contributed by atoms with Crippen LogP contribution in [0.15, 0.2) is 81.4 Å². The van der Waals surface area contributed by atoms with E-state index in [2.05, 4.69) is 252 Å². The molecule has 6 heteroatoms. The Kier molecular flexibility index (Phi) is 32.0. The van der Waals surface area contributed by atoms with Crippen molar-refractivity contribution in [3.8, 4) is 0 Å². The third-order valence-electron chi connectivity index (χ3n) is 7.91. The number of aryl methyl sites for hydroxylation is 4. The van der Waals surface area contributed by atoms with Crippen molar-refractivity contribution < 1.29 is 0 Å². The molecule has 0 bridgehead atoms. The summed E-state index contributed by atoms with van der Waals surface area (Å²) in [5, 5.41) is 2.40. The van der Waals surface area contributed by atoms with E-state index in [4.69, 9.17) is 0 Å². The van der Waals surface area contributed by atoms with Crippen molar-refractivity contribution in [3.05, 3.63) is 89.0 Å². The van der Waals surface area contributed by atoms with E-state index < -0.39 is 0 Å². The molecule has 0 amide bonds. The molecule has 0 unspecified atom stereocenters. The molecule has 1 saturated carbocycles. The van der Waals surface area contributed by atoms with Crippen molar-refractivity contribution in [2.75, 3.05) is 0 Å². The van der Waals surface area contributed by atoms with Gasteiger partial charge in [0.25, 0.3) is 0 Å². The third kappa shape index (κ3) is 43.1. The highest BCUT2D eigenvalue weighted by molar-refractivity contribution is 8.02. The summed E-state index contributed by atoms with van der Waals surface area (Å²) in [6.45, 7) is 58.3. The van der Waals surface area contributed by atoms with Gasteiger partial charge in [0.2, 0.25) is 0 Å². The maximum absolute atomic E-state index is 2.33. The summed E-state index contributed by atoms with van der Waals surface area (Å²) < 4.78 is 2.33. The largest absolute Gasteiger partial charge is 0.153 e. The average Bonchev–Trinajstić information content (AvgIpc) is 3.05. The van der Waals surface area contributed by atoms with Crippen LogP contribution in [0.4, 0.5) is 0 Å². The fraction of sp³-hybridized carbons (Fsp3) is 0.690. The molecule has 64 heavy (non-hydrogen) atoms. The monoisotopic (exact) mass is 991 g/mol. The molecule has 0 aliphatic heterocycles. The van der Waals surface area contributed by atoms with E-state index in [1.165, 1.54) is 69.0 Å². The lowest BCUT2D eigenvalue weighted by molar-refractivity contribution is 0.512. The van der Waals surface area contributed by atoms with Crippen LogP contribution in [-0.2, 0) is 0 Å². The smallest absolute Gasteiger partial charge is 0.0136 e. The summed E-state index contributed by atoms with van der Waals surface area (Å²) >= 11 is 12.0. The van der Waals surface area contributed by atoms with E-state index in [1.54, 1.807) is 0 Å². The fourth-order valence-corrected chi connectivity index (χ4v) is 14.5. The minimum Gasteiger partial charge on any atom is -0.153 e. The Bertz CT molecular complexity index is 1590. The van der Waals surface area contributed by atoms with Gasteiger partial charge in [-0.05, 0) is 80.7 Å². The van der Waals surface area contributed by atoms with Crippen LogP contribution < -0.4 is 0 Å². The normalized spacial score (nSPS) is 13.8. The number of benzene rings is 3. The highest BCUT2D eigenvalue weighted by Crippen LogP contribution is 2.38. The minimum absolute atomic E-state index is 0.296. The molecule has 0 N–H and O–H groups in total. The van der Waals surface area contributed by atoms with Gasteiger partial charge in [0, 0.05) is 53.7 Å². The van der Waals surface area contributed by atoms with Crippen LogP contribution in [0.3, 0.4) is 0 Å². The van der Waals surface area contributed by atoms with Gasteiger partial charge in [-0.15, -0.1) is 35.3 Å². The molecule has 370 valence electrons. The van der Waals surface area contributed by atoms with Crippen LogP contribution in [0.25, 0.3) is 0 Å². The summed E-state index contributed by atoms with van der Waals surface area (Å²) in [5.74, 6) is 0. The van der Waals surface area contributed by atoms with Gasteiger partial charge in [-0.3, -0.25) is 0 Å². The molecular weight excluding hydrogens is 889 g/mol. The van der Waals surface area contributed by atoms with Gasteiger partial charge >= 0.3 is 0 Å². The number of rotatable bonds is 6. The Morgan fingerprint density at radius 3 is 1.22 bits per heavy atom. The Morgan fingerprint density at radius 2 is 0.891 bits per heavy atom. The molecule has 0 heterocycles. The minimum atomic E-state index is 0.296. The average molecular weight is 992 g/mol. The quantitative estimate of drug-likeness (QED) is 0.224. The summed E-state index contributed by atoms with van der Waals surface area (Å²) in [5.41, 5.74) is 5.55. The van der Waals surface area contributed by atoms with E-state index >= 15 is 0 Å². The molecule has 4 rings (SSSR count). The lowest BCUT2D eigenvalue weighted by atomic mass is 10.0.